The molecular formula is C17H21N3S. The zero-order valence-corrected chi connectivity index (χ0v) is 13.2. The van der Waals surface area contributed by atoms with Crippen LogP contribution in [0.15, 0.2) is 53.7 Å². The lowest BCUT2D eigenvalue weighted by Crippen LogP contribution is -2.46. The van der Waals surface area contributed by atoms with Crippen LogP contribution in [0, 0.1) is 0 Å². The van der Waals surface area contributed by atoms with Crippen molar-refractivity contribution in [3.8, 4) is 0 Å². The molecule has 1 aromatic heterocycles. The normalized spacial score (nSPS) is 16.1. The van der Waals surface area contributed by atoms with Crippen LogP contribution < -0.4 is 4.90 Å². The highest BCUT2D eigenvalue weighted by Gasteiger charge is 2.17. The smallest absolute Gasteiger partial charge is 0.0553 e. The predicted octanol–water partition coefficient (Wildman–Crippen LogP) is 3.13. The molecule has 0 unspecified atom stereocenters. The van der Waals surface area contributed by atoms with E-state index in [9.17, 15) is 0 Å². The molecule has 3 nitrogen and oxygen atoms in total. The Kier molecular flexibility index (Phi) is 4.78. The number of nitrogens with zero attached hydrogens (tertiary/aromatic N) is 3. The molecule has 1 saturated heterocycles. The molecule has 0 bridgehead atoms. The van der Waals surface area contributed by atoms with E-state index in [4.69, 9.17) is 0 Å². The van der Waals surface area contributed by atoms with Crippen LogP contribution in [-0.2, 0) is 6.54 Å². The SMILES string of the molecule is CSc1cccc(CN2CCN(c3cccnc3)CC2)c1. The van der Waals surface area contributed by atoms with Crippen molar-refractivity contribution in [3.63, 3.8) is 0 Å². The second-order valence-corrected chi connectivity index (χ2v) is 6.21. The van der Waals surface area contributed by atoms with Gasteiger partial charge >= 0.3 is 0 Å². The third-order valence-corrected chi connectivity index (χ3v) is 4.65. The van der Waals surface area contributed by atoms with E-state index in [0.717, 1.165) is 32.7 Å². The van der Waals surface area contributed by atoms with E-state index < -0.39 is 0 Å². The number of rotatable bonds is 4. The summed E-state index contributed by atoms with van der Waals surface area (Å²) in [6.45, 7) is 5.42. The lowest BCUT2D eigenvalue weighted by molar-refractivity contribution is 0.249. The Hall–Kier alpha value is -1.52. The molecule has 0 radical (unpaired) electrons. The van der Waals surface area contributed by atoms with Crippen LogP contribution in [0.4, 0.5) is 5.69 Å². The molecule has 1 fully saturated rings. The molecule has 0 atom stereocenters. The lowest BCUT2D eigenvalue weighted by Gasteiger charge is -2.36. The first-order chi connectivity index (χ1) is 10.3. The number of hydrogen-bond donors (Lipinski definition) is 0. The molecule has 3 rings (SSSR count). The Bertz CT molecular complexity index is 565. The Labute approximate surface area is 131 Å². The maximum absolute atomic E-state index is 4.21. The molecule has 4 heteroatoms. The number of piperazine rings is 1. The maximum Gasteiger partial charge on any atom is 0.0553 e. The highest BCUT2D eigenvalue weighted by Crippen LogP contribution is 2.19. The van der Waals surface area contributed by atoms with Crippen molar-refractivity contribution in [2.24, 2.45) is 0 Å². The number of pyridine rings is 1. The molecule has 2 heterocycles. The summed E-state index contributed by atoms with van der Waals surface area (Å²) in [6, 6.07) is 13.0. The van der Waals surface area contributed by atoms with Crippen LogP contribution in [0.1, 0.15) is 5.56 Å². The monoisotopic (exact) mass is 299 g/mol. The van der Waals surface area contributed by atoms with E-state index in [-0.39, 0.29) is 0 Å². The van der Waals surface area contributed by atoms with E-state index in [0.29, 0.717) is 0 Å². The average molecular weight is 299 g/mol. The predicted molar refractivity (Wildman–Crippen MR) is 90.0 cm³/mol. The Morgan fingerprint density at radius 2 is 1.95 bits per heavy atom. The Morgan fingerprint density at radius 1 is 1.10 bits per heavy atom. The van der Waals surface area contributed by atoms with Gasteiger partial charge in [-0.1, -0.05) is 12.1 Å². The molecule has 0 N–H and O–H groups in total. The number of anilines is 1. The highest BCUT2D eigenvalue weighted by atomic mass is 32.2. The summed E-state index contributed by atoms with van der Waals surface area (Å²) in [4.78, 5) is 10.5. The quantitative estimate of drug-likeness (QED) is 0.808. The Morgan fingerprint density at radius 3 is 2.67 bits per heavy atom. The summed E-state index contributed by atoms with van der Waals surface area (Å²) in [5.41, 5.74) is 2.65. The van der Waals surface area contributed by atoms with Gasteiger partial charge in [-0.25, -0.2) is 0 Å². The van der Waals surface area contributed by atoms with Crippen molar-refractivity contribution in [2.45, 2.75) is 11.4 Å². The second-order valence-electron chi connectivity index (χ2n) is 5.33. The standard InChI is InChI=1S/C17H21N3S/c1-21-17-6-2-4-15(12-17)14-19-8-10-20(11-9-19)16-5-3-7-18-13-16/h2-7,12-13H,8-11,14H2,1H3. The van der Waals surface area contributed by atoms with Crippen molar-refractivity contribution in [2.75, 3.05) is 37.3 Å². The van der Waals surface area contributed by atoms with Crippen molar-refractivity contribution < 1.29 is 0 Å². The van der Waals surface area contributed by atoms with Crippen LogP contribution in [0.2, 0.25) is 0 Å². The van der Waals surface area contributed by atoms with E-state index in [1.54, 1.807) is 0 Å². The van der Waals surface area contributed by atoms with E-state index in [1.807, 2.05) is 30.2 Å². The van der Waals surface area contributed by atoms with E-state index in [2.05, 4.69) is 51.4 Å². The van der Waals surface area contributed by atoms with Crippen molar-refractivity contribution in [1.82, 2.24) is 9.88 Å². The molecular weight excluding hydrogens is 278 g/mol. The molecule has 2 aromatic rings. The van der Waals surface area contributed by atoms with E-state index in [1.165, 1.54) is 16.1 Å². The van der Waals surface area contributed by atoms with Crippen LogP contribution in [0.25, 0.3) is 0 Å². The van der Waals surface area contributed by atoms with Gasteiger partial charge in [0.1, 0.15) is 0 Å². The lowest BCUT2D eigenvalue weighted by atomic mass is 10.2. The van der Waals surface area contributed by atoms with Gasteiger partial charge in [-0.15, -0.1) is 11.8 Å². The summed E-state index contributed by atoms with van der Waals surface area (Å²) in [5.74, 6) is 0. The average Bonchev–Trinajstić information content (AvgIpc) is 2.56. The minimum absolute atomic E-state index is 1.05. The fourth-order valence-corrected chi connectivity index (χ4v) is 3.22. The summed E-state index contributed by atoms with van der Waals surface area (Å²) in [5, 5.41) is 0. The highest BCUT2D eigenvalue weighted by molar-refractivity contribution is 7.98. The number of thioether (sulfide) groups is 1. The summed E-state index contributed by atoms with van der Waals surface area (Å²) >= 11 is 1.81. The van der Waals surface area contributed by atoms with Crippen LogP contribution in [-0.4, -0.2) is 42.3 Å². The van der Waals surface area contributed by atoms with Crippen LogP contribution >= 0.6 is 11.8 Å². The largest absolute Gasteiger partial charge is 0.368 e. The third kappa shape index (κ3) is 3.77. The molecule has 21 heavy (non-hydrogen) atoms. The van der Waals surface area contributed by atoms with Crippen molar-refractivity contribution in [1.29, 1.82) is 0 Å². The summed E-state index contributed by atoms with van der Waals surface area (Å²) in [6.07, 6.45) is 5.92. The van der Waals surface area contributed by atoms with Gasteiger partial charge in [-0.3, -0.25) is 9.88 Å². The first kappa shape index (κ1) is 14.4. The van der Waals surface area contributed by atoms with Gasteiger partial charge < -0.3 is 4.90 Å². The number of hydrogen-bond acceptors (Lipinski definition) is 4. The van der Waals surface area contributed by atoms with Gasteiger partial charge in [0.05, 0.1) is 11.9 Å². The molecule has 1 aliphatic heterocycles. The zero-order chi connectivity index (χ0) is 14.5. The number of benzene rings is 1. The Balaban J connectivity index is 1.56. The molecule has 1 aliphatic rings. The molecule has 0 amide bonds. The minimum atomic E-state index is 1.05. The second kappa shape index (κ2) is 6.96. The fraction of sp³-hybridized carbons (Fsp3) is 0.353. The molecule has 0 saturated carbocycles. The summed E-state index contributed by atoms with van der Waals surface area (Å²) < 4.78 is 0. The van der Waals surface area contributed by atoms with Crippen molar-refractivity contribution in [3.05, 3.63) is 54.4 Å². The maximum atomic E-state index is 4.21. The first-order valence-electron chi connectivity index (χ1n) is 7.35. The first-order valence-corrected chi connectivity index (χ1v) is 8.58. The molecule has 0 aliphatic carbocycles. The van der Waals surface area contributed by atoms with E-state index >= 15 is 0 Å². The van der Waals surface area contributed by atoms with Crippen LogP contribution in [0.5, 0.6) is 0 Å². The zero-order valence-electron chi connectivity index (χ0n) is 12.4. The third-order valence-electron chi connectivity index (χ3n) is 3.92. The van der Waals surface area contributed by atoms with Gasteiger partial charge in [0, 0.05) is 43.8 Å². The van der Waals surface area contributed by atoms with Crippen LogP contribution in [0.3, 0.4) is 0 Å². The molecule has 110 valence electrons. The number of aromatic nitrogens is 1. The van der Waals surface area contributed by atoms with Gasteiger partial charge in [0.15, 0.2) is 0 Å². The van der Waals surface area contributed by atoms with Crippen molar-refractivity contribution >= 4 is 17.4 Å². The van der Waals surface area contributed by atoms with Gasteiger partial charge in [-0.2, -0.15) is 0 Å². The summed E-state index contributed by atoms with van der Waals surface area (Å²) in [7, 11) is 0. The molecule has 0 spiro atoms. The van der Waals surface area contributed by atoms with Gasteiger partial charge in [0.25, 0.3) is 0 Å². The minimum Gasteiger partial charge on any atom is -0.368 e. The topological polar surface area (TPSA) is 19.4 Å². The van der Waals surface area contributed by atoms with Gasteiger partial charge in [-0.05, 0) is 36.1 Å². The fourth-order valence-electron chi connectivity index (χ4n) is 2.73. The molecule has 1 aromatic carbocycles. The van der Waals surface area contributed by atoms with Gasteiger partial charge in [0.2, 0.25) is 0 Å².